The van der Waals surface area contributed by atoms with Crippen molar-refractivity contribution >= 4 is 36.8 Å². The topological polar surface area (TPSA) is 60.2 Å². The molecule has 0 radical (unpaired) electrons. The van der Waals surface area contributed by atoms with Gasteiger partial charge in [-0.15, -0.1) is 0 Å². The van der Waals surface area contributed by atoms with Gasteiger partial charge in [0.2, 0.25) is 0 Å². The van der Waals surface area contributed by atoms with Crippen LogP contribution in [0.3, 0.4) is 0 Å². The van der Waals surface area contributed by atoms with Crippen LogP contribution in [0, 0.1) is 0 Å². The standard InChI is InChI=1S/C7H13NO2S2/c8-7(5(9)1-3-11)6(10)2-4-12/h7,11-12H,1-4,8H2. The fourth-order valence-electron chi connectivity index (χ4n) is 0.711. The minimum absolute atomic E-state index is 0.239. The second-order valence-electron chi connectivity index (χ2n) is 2.36. The number of rotatable bonds is 6. The molecule has 0 atom stereocenters. The molecule has 0 aromatic heterocycles. The van der Waals surface area contributed by atoms with E-state index in [0.717, 1.165) is 0 Å². The molecule has 5 heteroatoms. The van der Waals surface area contributed by atoms with Crippen LogP contribution >= 0.6 is 25.3 Å². The first-order chi connectivity index (χ1) is 5.63. The van der Waals surface area contributed by atoms with Crippen LogP contribution in [-0.4, -0.2) is 29.1 Å². The molecule has 0 rings (SSSR count). The first-order valence-corrected chi connectivity index (χ1v) is 4.92. The summed E-state index contributed by atoms with van der Waals surface area (Å²) < 4.78 is 0. The van der Waals surface area contributed by atoms with Gasteiger partial charge < -0.3 is 5.73 Å². The molecule has 0 saturated heterocycles. The largest absolute Gasteiger partial charge is 0.315 e. The van der Waals surface area contributed by atoms with Crippen LogP contribution in [0.25, 0.3) is 0 Å². The minimum atomic E-state index is -0.968. The zero-order chi connectivity index (χ0) is 9.56. The second kappa shape index (κ2) is 6.51. The monoisotopic (exact) mass is 207 g/mol. The summed E-state index contributed by atoms with van der Waals surface area (Å²) in [6.45, 7) is 0. The SMILES string of the molecule is NC(C(=O)CCS)C(=O)CCS. The molecular formula is C7H13NO2S2. The van der Waals surface area contributed by atoms with Crippen LogP contribution in [-0.2, 0) is 9.59 Å². The molecule has 2 N–H and O–H groups in total. The van der Waals surface area contributed by atoms with E-state index in [2.05, 4.69) is 25.3 Å². The number of ketones is 2. The number of carbonyl (C=O) groups is 2. The Balaban J connectivity index is 3.91. The Labute approximate surface area is 82.9 Å². The normalized spacial score (nSPS) is 10.3. The maximum Gasteiger partial charge on any atom is 0.157 e. The lowest BCUT2D eigenvalue weighted by Gasteiger charge is -2.06. The lowest BCUT2D eigenvalue weighted by molar-refractivity contribution is -0.128. The van der Waals surface area contributed by atoms with E-state index in [1.807, 2.05) is 0 Å². The lowest BCUT2D eigenvalue weighted by atomic mass is 10.1. The highest BCUT2D eigenvalue weighted by atomic mass is 32.1. The predicted octanol–water partition coefficient (Wildman–Crippen LogP) is 0.0917. The van der Waals surface area contributed by atoms with Crippen molar-refractivity contribution in [2.75, 3.05) is 11.5 Å². The minimum Gasteiger partial charge on any atom is -0.315 e. The van der Waals surface area contributed by atoms with Gasteiger partial charge in [0.05, 0.1) is 0 Å². The van der Waals surface area contributed by atoms with Crippen LogP contribution < -0.4 is 5.73 Å². The van der Waals surface area contributed by atoms with Gasteiger partial charge in [0, 0.05) is 12.8 Å². The molecule has 0 heterocycles. The van der Waals surface area contributed by atoms with Crippen molar-refractivity contribution in [3.05, 3.63) is 0 Å². The van der Waals surface area contributed by atoms with Crippen LogP contribution in [0.15, 0.2) is 0 Å². The Morgan fingerprint density at radius 1 is 1.08 bits per heavy atom. The molecule has 0 bridgehead atoms. The molecule has 0 saturated carbocycles. The van der Waals surface area contributed by atoms with E-state index in [1.165, 1.54) is 0 Å². The van der Waals surface area contributed by atoms with E-state index in [9.17, 15) is 9.59 Å². The van der Waals surface area contributed by atoms with Gasteiger partial charge in [0.1, 0.15) is 6.04 Å². The maximum atomic E-state index is 11.0. The van der Waals surface area contributed by atoms with Gasteiger partial charge >= 0.3 is 0 Å². The average Bonchev–Trinajstić information content (AvgIpc) is 2.04. The van der Waals surface area contributed by atoms with E-state index in [1.54, 1.807) is 0 Å². The number of Topliss-reactive ketones (excluding diaryl/α,β-unsaturated/α-hetero) is 2. The van der Waals surface area contributed by atoms with Crippen molar-refractivity contribution in [2.45, 2.75) is 18.9 Å². The summed E-state index contributed by atoms with van der Waals surface area (Å²) in [7, 11) is 0. The molecule has 70 valence electrons. The quantitative estimate of drug-likeness (QED) is 0.427. The third-order valence-corrected chi connectivity index (χ3v) is 1.86. The maximum absolute atomic E-state index is 11.0. The van der Waals surface area contributed by atoms with E-state index in [4.69, 9.17) is 5.73 Å². The number of hydrogen-bond donors (Lipinski definition) is 3. The lowest BCUT2D eigenvalue weighted by Crippen LogP contribution is -2.38. The van der Waals surface area contributed by atoms with Gasteiger partial charge in [0.25, 0.3) is 0 Å². The molecule has 0 aliphatic carbocycles. The van der Waals surface area contributed by atoms with Crippen molar-refractivity contribution in [1.29, 1.82) is 0 Å². The van der Waals surface area contributed by atoms with Crippen LogP contribution in [0.5, 0.6) is 0 Å². The zero-order valence-corrected chi connectivity index (χ0v) is 8.48. The van der Waals surface area contributed by atoms with Gasteiger partial charge in [-0.25, -0.2) is 0 Å². The zero-order valence-electron chi connectivity index (χ0n) is 6.69. The third-order valence-electron chi connectivity index (χ3n) is 1.41. The summed E-state index contributed by atoms with van der Waals surface area (Å²) in [4.78, 5) is 22.1. The smallest absolute Gasteiger partial charge is 0.157 e. The highest BCUT2D eigenvalue weighted by Crippen LogP contribution is 1.97. The first kappa shape index (κ1) is 12.0. The Bertz CT molecular complexity index is 155. The molecule has 0 aromatic carbocycles. The Morgan fingerprint density at radius 3 is 1.67 bits per heavy atom. The van der Waals surface area contributed by atoms with Gasteiger partial charge in [0.15, 0.2) is 11.6 Å². The Morgan fingerprint density at radius 2 is 1.42 bits per heavy atom. The van der Waals surface area contributed by atoms with E-state index in [-0.39, 0.29) is 24.4 Å². The van der Waals surface area contributed by atoms with Crippen molar-refractivity contribution in [3.63, 3.8) is 0 Å². The fraction of sp³-hybridized carbons (Fsp3) is 0.714. The molecule has 0 fully saturated rings. The van der Waals surface area contributed by atoms with Gasteiger partial charge in [-0.1, -0.05) is 0 Å². The second-order valence-corrected chi connectivity index (χ2v) is 3.25. The number of thiol groups is 2. The summed E-state index contributed by atoms with van der Waals surface area (Å²) in [6, 6.07) is -0.968. The van der Waals surface area contributed by atoms with E-state index < -0.39 is 6.04 Å². The number of hydrogen-bond acceptors (Lipinski definition) is 5. The fourth-order valence-corrected chi connectivity index (χ4v) is 1.15. The van der Waals surface area contributed by atoms with Crippen LogP contribution in [0.4, 0.5) is 0 Å². The van der Waals surface area contributed by atoms with Gasteiger partial charge in [-0.3, -0.25) is 9.59 Å². The predicted molar refractivity (Wildman–Crippen MR) is 54.9 cm³/mol. The first-order valence-electron chi connectivity index (χ1n) is 3.66. The van der Waals surface area contributed by atoms with Crippen molar-refractivity contribution in [2.24, 2.45) is 5.73 Å². The van der Waals surface area contributed by atoms with Gasteiger partial charge in [-0.05, 0) is 11.5 Å². The molecule has 0 aliphatic heterocycles. The molecule has 0 aliphatic rings. The van der Waals surface area contributed by atoms with Crippen LogP contribution in [0.1, 0.15) is 12.8 Å². The van der Waals surface area contributed by atoms with E-state index in [0.29, 0.717) is 11.5 Å². The molecule has 0 unspecified atom stereocenters. The summed E-state index contributed by atoms with van der Waals surface area (Å²) >= 11 is 7.74. The Hall–Kier alpha value is -0.0000000000000000555. The average molecular weight is 207 g/mol. The number of carbonyl (C=O) groups excluding carboxylic acids is 2. The third kappa shape index (κ3) is 4.13. The Kier molecular flexibility index (Phi) is 6.51. The summed E-state index contributed by atoms with van der Waals surface area (Å²) in [5.74, 6) is 0.384. The highest BCUT2D eigenvalue weighted by Gasteiger charge is 2.19. The van der Waals surface area contributed by atoms with Crippen molar-refractivity contribution in [3.8, 4) is 0 Å². The van der Waals surface area contributed by atoms with E-state index >= 15 is 0 Å². The number of nitrogens with two attached hydrogens (primary N) is 1. The molecule has 0 spiro atoms. The van der Waals surface area contributed by atoms with Crippen molar-refractivity contribution in [1.82, 2.24) is 0 Å². The van der Waals surface area contributed by atoms with Crippen LogP contribution in [0.2, 0.25) is 0 Å². The molecule has 0 amide bonds. The molecule has 12 heavy (non-hydrogen) atoms. The summed E-state index contributed by atoms with van der Waals surface area (Å²) in [5, 5.41) is 0. The molecule has 0 aromatic rings. The highest BCUT2D eigenvalue weighted by molar-refractivity contribution is 7.80. The summed E-state index contributed by atoms with van der Waals surface area (Å²) in [6.07, 6.45) is 0.505. The van der Waals surface area contributed by atoms with Crippen molar-refractivity contribution < 1.29 is 9.59 Å². The molecular weight excluding hydrogens is 194 g/mol. The summed E-state index contributed by atoms with van der Waals surface area (Å²) in [5.41, 5.74) is 5.37. The molecule has 3 nitrogen and oxygen atoms in total. The van der Waals surface area contributed by atoms with Gasteiger partial charge in [-0.2, -0.15) is 25.3 Å².